The van der Waals surface area contributed by atoms with Crippen molar-refractivity contribution >= 4 is 28.5 Å². The van der Waals surface area contributed by atoms with Gasteiger partial charge in [-0.15, -0.1) is 0 Å². The Labute approximate surface area is 148 Å². The van der Waals surface area contributed by atoms with Crippen LogP contribution in [0.1, 0.15) is 19.1 Å². The predicted molar refractivity (Wildman–Crippen MR) is 92.5 cm³/mol. The number of nitrogens with zero attached hydrogens (tertiary/aromatic N) is 3. The van der Waals surface area contributed by atoms with Gasteiger partial charge < -0.3 is 9.26 Å². The number of carbonyl (C=O) groups is 1. The summed E-state index contributed by atoms with van der Waals surface area (Å²) in [7, 11) is 0. The van der Waals surface area contributed by atoms with Gasteiger partial charge in [-0.05, 0) is 26.0 Å². The average molecular weight is 362 g/mol. The van der Waals surface area contributed by atoms with Crippen LogP contribution < -0.4 is 5.56 Å². The second-order valence-electron chi connectivity index (χ2n) is 5.40. The third-order valence-electron chi connectivity index (χ3n) is 3.71. The minimum Gasteiger partial charge on any atom is -0.466 e. The Kier molecular flexibility index (Phi) is 4.85. The van der Waals surface area contributed by atoms with Crippen LogP contribution in [0.3, 0.4) is 0 Å². The topological polar surface area (TPSA) is 87.2 Å². The van der Waals surface area contributed by atoms with E-state index in [1.54, 1.807) is 38.1 Å². The molecule has 2 heterocycles. The second kappa shape index (κ2) is 7.06. The second-order valence-corrected chi connectivity index (χ2v) is 5.84. The van der Waals surface area contributed by atoms with Crippen LogP contribution >= 0.6 is 11.6 Å². The number of carbonyl (C=O) groups excluding carboxylic acids is 1. The number of fused-ring (bicyclic) bond motifs is 1. The maximum Gasteiger partial charge on any atom is 0.307 e. The fourth-order valence-electron chi connectivity index (χ4n) is 2.53. The lowest BCUT2D eigenvalue weighted by atomic mass is 10.1. The van der Waals surface area contributed by atoms with Gasteiger partial charge in [0, 0.05) is 10.6 Å². The highest BCUT2D eigenvalue weighted by atomic mass is 35.5. The fourth-order valence-corrected chi connectivity index (χ4v) is 2.65. The number of aromatic nitrogens is 3. The molecule has 0 atom stereocenters. The van der Waals surface area contributed by atoms with Gasteiger partial charge in [0.2, 0.25) is 0 Å². The summed E-state index contributed by atoms with van der Waals surface area (Å²) in [5.74, 6) is 0.114. The lowest BCUT2D eigenvalue weighted by Crippen LogP contribution is -2.25. The molecule has 0 spiro atoms. The fraction of sp³-hybridized carbons (Fsp3) is 0.294. The van der Waals surface area contributed by atoms with E-state index in [4.69, 9.17) is 20.9 Å². The van der Waals surface area contributed by atoms with Gasteiger partial charge >= 0.3 is 5.97 Å². The molecule has 25 heavy (non-hydrogen) atoms. The van der Waals surface area contributed by atoms with Crippen LogP contribution in [0.4, 0.5) is 0 Å². The largest absolute Gasteiger partial charge is 0.466 e. The van der Waals surface area contributed by atoms with Crippen LogP contribution in [-0.2, 0) is 16.1 Å². The van der Waals surface area contributed by atoms with Gasteiger partial charge in [-0.3, -0.25) is 9.59 Å². The standard InChI is InChI=1S/C17H16ClN3O4/c1-3-24-13(22)8-9-21-17(23)16-14(10(2)25-20-16)15(19-21)11-4-6-12(18)7-5-11/h4-7H,3,8-9H2,1-2H3. The third-order valence-corrected chi connectivity index (χ3v) is 3.96. The van der Waals surface area contributed by atoms with Crippen molar-refractivity contribution < 1.29 is 14.1 Å². The Morgan fingerprint density at radius 3 is 2.72 bits per heavy atom. The summed E-state index contributed by atoms with van der Waals surface area (Å²) >= 11 is 5.94. The molecule has 8 heteroatoms. The van der Waals surface area contributed by atoms with Crippen molar-refractivity contribution in [3.63, 3.8) is 0 Å². The van der Waals surface area contributed by atoms with E-state index in [0.717, 1.165) is 5.56 Å². The van der Waals surface area contributed by atoms with Gasteiger partial charge in [-0.2, -0.15) is 5.10 Å². The lowest BCUT2D eigenvalue weighted by molar-refractivity contribution is -0.143. The zero-order chi connectivity index (χ0) is 18.0. The number of benzene rings is 1. The van der Waals surface area contributed by atoms with Crippen molar-refractivity contribution in [2.45, 2.75) is 26.8 Å². The summed E-state index contributed by atoms with van der Waals surface area (Å²) in [4.78, 5) is 24.1. The smallest absolute Gasteiger partial charge is 0.307 e. The first-order valence-corrected chi connectivity index (χ1v) is 8.17. The summed E-state index contributed by atoms with van der Waals surface area (Å²) in [5.41, 5.74) is 1.09. The van der Waals surface area contributed by atoms with Crippen LogP contribution in [-0.4, -0.2) is 27.5 Å². The summed E-state index contributed by atoms with van der Waals surface area (Å²) in [6.07, 6.45) is 0.0448. The van der Waals surface area contributed by atoms with Gasteiger partial charge in [-0.1, -0.05) is 28.9 Å². The molecule has 0 radical (unpaired) electrons. The molecule has 1 aromatic carbocycles. The van der Waals surface area contributed by atoms with Crippen molar-refractivity contribution in [3.05, 3.63) is 45.4 Å². The van der Waals surface area contributed by atoms with E-state index in [1.807, 2.05) is 0 Å². The van der Waals surface area contributed by atoms with Crippen LogP contribution in [0.5, 0.6) is 0 Å². The van der Waals surface area contributed by atoms with Gasteiger partial charge in [0.25, 0.3) is 5.56 Å². The molecular formula is C17H16ClN3O4. The normalized spacial score (nSPS) is 11.0. The molecule has 2 aromatic heterocycles. The van der Waals surface area contributed by atoms with Crippen molar-refractivity contribution in [1.82, 2.24) is 14.9 Å². The molecule has 0 N–H and O–H groups in total. The number of halogens is 1. The van der Waals surface area contributed by atoms with E-state index >= 15 is 0 Å². The maximum atomic E-state index is 12.6. The van der Waals surface area contributed by atoms with Crippen LogP contribution in [0.25, 0.3) is 22.2 Å². The molecule has 0 saturated carbocycles. The number of hydrogen-bond acceptors (Lipinski definition) is 6. The molecule has 3 rings (SSSR count). The first kappa shape index (κ1) is 17.2. The first-order chi connectivity index (χ1) is 12.0. The molecule has 3 aromatic rings. The average Bonchev–Trinajstić information content (AvgIpc) is 2.98. The minimum absolute atomic E-state index is 0.0448. The van der Waals surface area contributed by atoms with Gasteiger partial charge in [0.1, 0.15) is 11.5 Å². The zero-order valence-corrected chi connectivity index (χ0v) is 14.5. The summed E-state index contributed by atoms with van der Waals surface area (Å²) in [5, 5.41) is 9.42. The van der Waals surface area contributed by atoms with Crippen molar-refractivity contribution in [1.29, 1.82) is 0 Å². The minimum atomic E-state index is -0.408. The molecule has 0 unspecified atom stereocenters. The highest BCUT2D eigenvalue weighted by Crippen LogP contribution is 2.28. The number of rotatable bonds is 5. The molecule has 0 bridgehead atoms. The molecule has 0 aliphatic carbocycles. The molecule has 0 aliphatic rings. The van der Waals surface area contributed by atoms with Crippen molar-refractivity contribution in [3.8, 4) is 11.3 Å². The lowest BCUT2D eigenvalue weighted by Gasteiger charge is -2.09. The molecule has 0 saturated heterocycles. The summed E-state index contributed by atoms with van der Waals surface area (Å²) < 4.78 is 11.3. The highest BCUT2D eigenvalue weighted by molar-refractivity contribution is 6.30. The van der Waals surface area contributed by atoms with Gasteiger partial charge in [0.15, 0.2) is 5.52 Å². The highest BCUT2D eigenvalue weighted by Gasteiger charge is 2.19. The Balaban J connectivity index is 2.10. The summed E-state index contributed by atoms with van der Waals surface area (Å²) in [6, 6.07) is 7.08. The SMILES string of the molecule is CCOC(=O)CCn1nc(-c2ccc(Cl)cc2)c2c(C)onc2c1=O. The number of ether oxygens (including phenoxy) is 1. The van der Waals surface area contributed by atoms with Gasteiger partial charge in [0.05, 0.1) is 25.0 Å². The monoisotopic (exact) mass is 361 g/mol. The number of esters is 1. The zero-order valence-electron chi connectivity index (χ0n) is 13.8. The predicted octanol–water partition coefficient (Wildman–Crippen LogP) is 2.97. The first-order valence-electron chi connectivity index (χ1n) is 7.80. The molecule has 0 amide bonds. The number of aryl methyl sites for hydroxylation is 2. The quantitative estimate of drug-likeness (QED) is 0.649. The van der Waals surface area contributed by atoms with Crippen LogP contribution in [0.2, 0.25) is 5.02 Å². The Hall–Kier alpha value is -2.67. The van der Waals surface area contributed by atoms with E-state index in [-0.39, 0.29) is 24.5 Å². The van der Waals surface area contributed by atoms with Crippen LogP contribution in [0.15, 0.2) is 33.6 Å². The number of hydrogen-bond donors (Lipinski definition) is 0. The Bertz CT molecular complexity index is 976. The molecule has 0 aliphatic heterocycles. The van der Waals surface area contributed by atoms with E-state index in [2.05, 4.69) is 10.3 Å². The van der Waals surface area contributed by atoms with E-state index in [9.17, 15) is 9.59 Å². The molecule has 0 fully saturated rings. The van der Waals surface area contributed by atoms with Gasteiger partial charge in [-0.25, -0.2) is 4.68 Å². The van der Waals surface area contributed by atoms with E-state index < -0.39 is 5.56 Å². The molecular weight excluding hydrogens is 346 g/mol. The third kappa shape index (κ3) is 3.41. The van der Waals surface area contributed by atoms with Crippen molar-refractivity contribution in [2.24, 2.45) is 0 Å². The Morgan fingerprint density at radius 1 is 1.32 bits per heavy atom. The molecule has 7 nitrogen and oxygen atoms in total. The maximum absolute atomic E-state index is 12.6. The van der Waals surface area contributed by atoms with E-state index in [0.29, 0.717) is 28.5 Å². The van der Waals surface area contributed by atoms with Crippen molar-refractivity contribution in [2.75, 3.05) is 6.61 Å². The van der Waals surface area contributed by atoms with E-state index in [1.165, 1.54) is 4.68 Å². The summed E-state index contributed by atoms with van der Waals surface area (Å²) in [6.45, 7) is 3.84. The molecule has 130 valence electrons. The van der Waals surface area contributed by atoms with Crippen LogP contribution in [0, 0.1) is 6.92 Å². The Morgan fingerprint density at radius 2 is 2.04 bits per heavy atom.